The number of hydrogen-bond donors (Lipinski definition) is 8. The maximum atomic E-state index is 12.9. The van der Waals surface area contributed by atoms with Gasteiger partial charge in [0.05, 0.1) is 17.6 Å². The van der Waals surface area contributed by atoms with E-state index in [9.17, 15) is 29.1 Å². The number of hydroxylamine groups is 1. The predicted octanol–water partition coefficient (Wildman–Crippen LogP) is -1.81. The normalized spacial score (nSPS) is 12.1. The van der Waals surface area contributed by atoms with Crippen LogP contribution in [0.15, 0.2) is 40.2 Å². The number of nitrogens with one attached hydrogen (secondary N) is 2. The highest BCUT2D eigenvalue weighted by Crippen LogP contribution is 2.20. The van der Waals surface area contributed by atoms with Gasteiger partial charge in [-0.15, -0.1) is 0 Å². The first kappa shape index (κ1) is 32.7. The fraction of sp³-hybridized carbons (Fsp3) is 0.320. The summed E-state index contributed by atoms with van der Waals surface area (Å²) in [5, 5.41) is 21.5. The minimum absolute atomic E-state index is 0.000253. The van der Waals surface area contributed by atoms with Crippen LogP contribution in [0.5, 0.6) is 0 Å². The van der Waals surface area contributed by atoms with Gasteiger partial charge in [-0.05, 0) is 43.5 Å². The molecule has 3 rings (SSSR count). The molecule has 19 nitrogen and oxygen atoms in total. The van der Waals surface area contributed by atoms with Crippen LogP contribution in [-0.4, -0.2) is 78.6 Å². The molecule has 234 valence electrons. The molecule has 0 unspecified atom stereocenters. The Morgan fingerprint density at radius 3 is 2.43 bits per heavy atom. The lowest BCUT2D eigenvalue weighted by Crippen LogP contribution is -2.41. The molecular formula is C25H31N11O8. The summed E-state index contributed by atoms with van der Waals surface area (Å²) in [5.74, 6) is -4.44. The number of nitrogens with zero attached hydrogens (tertiary/aromatic N) is 5. The number of guanidine groups is 1. The monoisotopic (exact) mass is 613 g/mol. The van der Waals surface area contributed by atoms with Crippen LogP contribution < -0.4 is 38.9 Å². The molecule has 1 amide bonds. The number of benzene rings is 1. The molecule has 19 heteroatoms. The minimum atomic E-state index is -1.43. The second kappa shape index (κ2) is 14.9. The van der Waals surface area contributed by atoms with Gasteiger partial charge >= 0.3 is 17.9 Å². The summed E-state index contributed by atoms with van der Waals surface area (Å²) < 4.78 is 0. The first-order valence-electron chi connectivity index (χ1n) is 13.0. The van der Waals surface area contributed by atoms with E-state index in [1.165, 1.54) is 30.5 Å². The van der Waals surface area contributed by atoms with Crippen molar-refractivity contribution >= 4 is 52.6 Å². The molecule has 2 atom stereocenters. The number of aromatic nitrogens is 4. The highest BCUT2D eigenvalue weighted by atomic mass is 16.7. The highest BCUT2D eigenvalue weighted by Gasteiger charge is 2.24. The molecule has 0 saturated carbocycles. The van der Waals surface area contributed by atoms with Crippen molar-refractivity contribution in [3.8, 4) is 0 Å². The molecule has 0 fully saturated rings. The van der Waals surface area contributed by atoms with Crippen molar-refractivity contribution in [3.05, 3.63) is 52.1 Å². The summed E-state index contributed by atoms with van der Waals surface area (Å²) in [7, 11) is 0. The van der Waals surface area contributed by atoms with E-state index in [2.05, 4.69) is 30.2 Å². The van der Waals surface area contributed by atoms with E-state index in [1.807, 2.05) is 0 Å². The Morgan fingerprint density at radius 1 is 1.09 bits per heavy atom. The van der Waals surface area contributed by atoms with Gasteiger partial charge in [0.2, 0.25) is 5.95 Å². The van der Waals surface area contributed by atoms with Crippen LogP contribution in [-0.2, 0) is 25.8 Å². The van der Waals surface area contributed by atoms with Gasteiger partial charge in [-0.3, -0.25) is 24.4 Å². The zero-order valence-corrected chi connectivity index (χ0v) is 23.2. The third-order valence-electron chi connectivity index (χ3n) is 5.93. The summed E-state index contributed by atoms with van der Waals surface area (Å²) in [6, 6.07) is 2.99. The Bertz CT molecular complexity index is 1610. The molecule has 0 aliphatic rings. The summed E-state index contributed by atoms with van der Waals surface area (Å²) in [5.41, 5.74) is 21.9. The van der Waals surface area contributed by atoms with E-state index < -0.39 is 47.9 Å². The highest BCUT2D eigenvalue weighted by molar-refractivity contribution is 5.97. The van der Waals surface area contributed by atoms with E-state index >= 15 is 0 Å². The SMILES string of the molecule is NC(N)=NCCC[C@H](N)C(=O)ON(Cc1cnc2nc(N)[nH]c(=O)c2n1)c1ccc(C(=O)N[C@@H](CCC(=O)O)C(=O)O)cc1. The number of fused-ring (bicyclic) bond motifs is 1. The summed E-state index contributed by atoms with van der Waals surface area (Å²) in [4.78, 5) is 84.1. The first-order chi connectivity index (χ1) is 20.8. The van der Waals surface area contributed by atoms with E-state index in [0.717, 1.165) is 5.06 Å². The number of aromatic amines is 1. The summed E-state index contributed by atoms with van der Waals surface area (Å²) in [6.45, 7) is 0.0242. The van der Waals surface area contributed by atoms with Crippen molar-refractivity contribution < 1.29 is 34.2 Å². The van der Waals surface area contributed by atoms with Gasteiger partial charge in [-0.25, -0.2) is 24.6 Å². The van der Waals surface area contributed by atoms with Crippen LogP contribution in [0.1, 0.15) is 41.7 Å². The van der Waals surface area contributed by atoms with E-state index in [1.54, 1.807) is 0 Å². The standard InChI is InChI=1S/C25H31N11O8/c26-15(2-1-9-30-24(27)28)23(43)44-36(11-13-10-31-19-18(32-13)21(40)35-25(29)34-19)14-5-3-12(4-6-14)20(39)33-16(22(41)42)7-8-17(37)38/h3-6,10,15-16H,1-2,7-9,11,26H2,(H,33,39)(H,37,38)(H,41,42)(H4,27,28,30)(H3,29,31,34,35,40)/t15-,16-/m0/s1. The number of carboxylic acid groups (broad SMARTS) is 2. The molecule has 12 N–H and O–H groups in total. The second-order valence-electron chi connectivity index (χ2n) is 9.33. The fourth-order valence-electron chi connectivity index (χ4n) is 3.73. The van der Waals surface area contributed by atoms with Gasteiger partial charge in [0, 0.05) is 18.5 Å². The van der Waals surface area contributed by atoms with Gasteiger partial charge in [0.25, 0.3) is 11.5 Å². The Labute approximate surface area is 248 Å². The van der Waals surface area contributed by atoms with Crippen LogP contribution in [0, 0.1) is 0 Å². The Morgan fingerprint density at radius 2 is 1.80 bits per heavy atom. The number of aliphatic imine (C=N–C) groups is 1. The first-order valence-corrected chi connectivity index (χ1v) is 13.0. The molecule has 2 aromatic heterocycles. The molecular weight excluding hydrogens is 582 g/mol. The summed E-state index contributed by atoms with van der Waals surface area (Å²) in [6.07, 6.45) is 1.10. The molecule has 44 heavy (non-hydrogen) atoms. The number of H-pyrrole nitrogens is 1. The van der Waals surface area contributed by atoms with Crippen LogP contribution in [0.3, 0.4) is 0 Å². The Kier molecular flexibility index (Phi) is 11.0. The van der Waals surface area contributed by atoms with Crippen molar-refractivity contribution in [3.63, 3.8) is 0 Å². The zero-order chi connectivity index (χ0) is 32.4. The second-order valence-corrected chi connectivity index (χ2v) is 9.33. The third-order valence-corrected chi connectivity index (χ3v) is 5.93. The molecule has 3 aromatic rings. The van der Waals surface area contributed by atoms with Gasteiger partial charge in [0.15, 0.2) is 17.1 Å². The Hall–Kier alpha value is -5.85. The number of rotatable bonds is 15. The molecule has 0 aliphatic heterocycles. The average Bonchev–Trinajstić information content (AvgIpc) is 2.96. The third kappa shape index (κ3) is 9.34. The van der Waals surface area contributed by atoms with Crippen molar-refractivity contribution in [2.24, 2.45) is 22.2 Å². The summed E-state index contributed by atoms with van der Waals surface area (Å²) >= 11 is 0. The lowest BCUT2D eigenvalue weighted by atomic mass is 10.1. The van der Waals surface area contributed by atoms with E-state index in [-0.39, 0.29) is 65.9 Å². The lowest BCUT2D eigenvalue weighted by Gasteiger charge is -2.24. The quantitative estimate of drug-likeness (QED) is 0.0405. The van der Waals surface area contributed by atoms with Gasteiger partial charge in [-0.2, -0.15) is 4.98 Å². The van der Waals surface area contributed by atoms with Crippen molar-refractivity contribution in [2.45, 2.75) is 44.3 Å². The van der Waals surface area contributed by atoms with Crippen molar-refractivity contribution in [1.29, 1.82) is 0 Å². The largest absolute Gasteiger partial charge is 0.481 e. The molecule has 0 radical (unpaired) electrons. The number of hydrogen-bond acceptors (Lipinski definition) is 13. The molecule has 0 aliphatic carbocycles. The predicted molar refractivity (Wildman–Crippen MR) is 155 cm³/mol. The maximum absolute atomic E-state index is 12.9. The number of carboxylic acids is 2. The number of carbonyl (C=O) groups is 4. The number of amides is 1. The zero-order valence-electron chi connectivity index (χ0n) is 23.2. The number of aliphatic carboxylic acids is 2. The van der Waals surface area contributed by atoms with Crippen LogP contribution in [0.2, 0.25) is 0 Å². The van der Waals surface area contributed by atoms with Gasteiger partial charge < -0.3 is 43.3 Å². The number of carbonyl (C=O) groups excluding carboxylic acids is 2. The lowest BCUT2D eigenvalue weighted by molar-refractivity contribution is -0.147. The van der Waals surface area contributed by atoms with Gasteiger partial charge in [-0.1, -0.05) is 0 Å². The Balaban J connectivity index is 1.83. The van der Waals surface area contributed by atoms with Gasteiger partial charge in [0.1, 0.15) is 18.6 Å². The molecule has 0 bridgehead atoms. The number of nitrogens with two attached hydrogens (primary N) is 4. The fourth-order valence-corrected chi connectivity index (χ4v) is 3.73. The molecule has 2 heterocycles. The smallest absolute Gasteiger partial charge is 0.348 e. The number of nitrogen functional groups attached to an aromatic ring is 1. The van der Waals surface area contributed by atoms with E-state index in [0.29, 0.717) is 6.42 Å². The molecule has 0 saturated heterocycles. The molecule has 1 aromatic carbocycles. The molecule has 0 spiro atoms. The van der Waals surface area contributed by atoms with Crippen LogP contribution >= 0.6 is 0 Å². The maximum Gasteiger partial charge on any atom is 0.348 e. The van der Waals surface area contributed by atoms with E-state index in [4.69, 9.17) is 32.9 Å². The van der Waals surface area contributed by atoms with Crippen molar-refractivity contribution in [1.82, 2.24) is 25.3 Å². The number of anilines is 2. The van der Waals surface area contributed by atoms with Crippen LogP contribution in [0.4, 0.5) is 11.6 Å². The minimum Gasteiger partial charge on any atom is -0.481 e. The average molecular weight is 614 g/mol. The van der Waals surface area contributed by atoms with Crippen LogP contribution in [0.25, 0.3) is 11.2 Å². The van der Waals surface area contributed by atoms with Crippen molar-refractivity contribution in [2.75, 3.05) is 17.3 Å². The topological polar surface area (TPSA) is 321 Å².